The van der Waals surface area contributed by atoms with E-state index in [4.69, 9.17) is 33.2 Å². The lowest BCUT2D eigenvalue weighted by Gasteiger charge is -2.20. The Kier molecular flexibility index (Phi) is 38.8. The van der Waals surface area contributed by atoms with Gasteiger partial charge >= 0.3 is 0 Å². The van der Waals surface area contributed by atoms with Gasteiger partial charge in [0.15, 0.2) is 98.1 Å². The number of fused-ring (bicyclic) bond motifs is 6. The van der Waals surface area contributed by atoms with Crippen LogP contribution in [-0.4, -0.2) is 433 Å². The number of aliphatic hydroxyl groups is 8. The maximum atomic E-state index is 12.2. The van der Waals surface area contributed by atoms with Crippen LogP contribution in [0.1, 0.15) is 126 Å². The number of aromatic amines is 6. The van der Waals surface area contributed by atoms with Gasteiger partial charge in [-0.2, -0.15) is 9.97 Å². The van der Waals surface area contributed by atoms with Crippen LogP contribution in [0.5, 0.6) is 0 Å². The fourth-order valence-corrected chi connectivity index (χ4v) is 25.6. The molecule has 0 spiro atoms. The van der Waals surface area contributed by atoms with Crippen LogP contribution < -0.4 is 44.0 Å². The summed E-state index contributed by atoms with van der Waals surface area (Å²) in [4.78, 5) is 139. The van der Waals surface area contributed by atoms with E-state index in [2.05, 4.69) is 257 Å². The van der Waals surface area contributed by atoms with Crippen molar-refractivity contribution in [3.8, 4) is 0 Å². The highest BCUT2D eigenvalue weighted by atomic mass is 127. The second kappa shape index (κ2) is 48.9. The first-order valence-electron chi connectivity index (χ1n) is 49.5. The topological polar surface area (TPSA) is 632 Å². The van der Waals surface area contributed by atoms with E-state index < -0.39 is 140 Å². The number of aryl methyl sites for hydroxylation is 4. The van der Waals surface area contributed by atoms with Gasteiger partial charge in [-0.05, 0) is 197 Å². The fraction of sp³-hybridized carbons (Fsp3) is 0.621. The molecule has 24 atom stereocenters. The van der Waals surface area contributed by atoms with Crippen molar-refractivity contribution in [2.75, 3.05) is 148 Å². The zero-order chi connectivity index (χ0) is 110. The number of anilines is 2. The van der Waals surface area contributed by atoms with Crippen molar-refractivity contribution in [3.63, 3.8) is 0 Å². The van der Waals surface area contributed by atoms with Gasteiger partial charge in [-0.1, -0.05) is 52.4 Å². The molecule has 16 N–H and O–H groups in total. The van der Waals surface area contributed by atoms with Gasteiger partial charge < -0.3 is 105 Å². The van der Waals surface area contributed by atoms with Gasteiger partial charge in [-0.25, -0.2) is 49.8 Å². The lowest BCUT2D eigenvalue weighted by Crippen LogP contribution is -2.33. The number of methoxy groups -OCH3 is 1. The number of halogens is 2. The lowest BCUT2D eigenvalue weighted by atomic mass is 10.0. The van der Waals surface area contributed by atoms with Gasteiger partial charge in [-0.3, -0.25) is 66.1 Å². The largest absolute Gasteiger partial charge is 0.390 e. The number of alkyl halides is 2. The first-order chi connectivity index (χ1) is 70.1. The number of hydrogen-bond donors (Lipinski definition) is 16. The molecule has 55 heteroatoms. The maximum Gasteiger partial charge on any atom is 0.280 e. The normalized spacial score (nSPS) is 27.2. The summed E-state index contributed by atoms with van der Waals surface area (Å²) in [6, 6.07) is 0. The molecular formula is C95H148BrIN26O21P6. The smallest absolute Gasteiger partial charge is 0.280 e. The minimum atomic E-state index is -1.27. The monoisotopic (exact) mass is 2380 g/mol. The number of hydrogen-bond acceptors (Lipinski definition) is 35. The standard InChI is InChI=1S/C17H28N5O4P.C16H26N5O4P.C16H25N4O4P.C16H25N4O3P.C15H22BrN4O3P.C15H22IN4O3P/c1-5-7-18-17-20-14-11(15(25)21-17)19-9-22(14)16-13(24)12(23)10(26-16)6-8-27(2,3)4;1-5-17-16-19-13-10(14(24)20-16)18-8-21(13)15-12(23)11(22)9(25-15)6-7-26(2,3)4;1-9-18-14-11(15(22)19-9)17-8-20(14)16-13(23-2)12(21)10(24-16)6-7-25(3,4)5;1-9-13(21)11(6-7-24(3,4)5)23-16(9)20-8-17-12-14(20)18-10(2)19-15(12)22;2*1-8-18-13-11(14(22)19-8)17-7-20(13)15-10(16)12(21)9(23-15)5-6-24(2,3)4/h9-10,12-13,16,23-24H,2,5-8H2,1,3-4H3,(H2,18,20,21,25);8-9,11-12,15,22-23H,2,5-7H2,1,3-4H3,(H2,17,19,20,24);8,10,12-13,16,21H,3,6-7H2,1-2,4-5H3,(H,18,19,22);8-9,11,13,16,21H,3,6-7H2,1-2,4-5H3,(H,18,19,22);2*7,9-10,12,15,21H,2,5-6H2,1,3-4H3,(H,18,19,22)/t10-,12-,13-,16-;9-,11-,12-,15-;10-,12-,13-,16-;9-,11-,13+,16-;2*9-,10-,12-,15-/m111111/s1. The van der Waals surface area contributed by atoms with E-state index in [-0.39, 0.29) is 106 Å². The molecule has 0 amide bonds. The summed E-state index contributed by atoms with van der Waals surface area (Å²) in [5.74, 6) is 2.61. The molecule has 828 valence electrons. The number of nitrogens with zero attached hydrogens (tertiary/aromatic N) is 18. The van der Waals surface area contributed by atoms with Crippen LogP contribution in [0.3, 0.4) is 0 Å². The van der Waals surface area contributed by atoms with E-state index >= 15 is 0 Å². The predicted molar refractivity (Wildman–Crippen MR) is 615 cm³/mol. The fourth-order valence-electron chi connectivity index (χ4n) is 18.2. The first kappa shape index (κ1) is 119. The third kappa shape index (κ3) is 28.7. The van der Waals surface area contributed by atoms with Crippen LogP contribution >= 0.6 is 79.8 Å². The third-order valence-electron chi connectivity index (χ3n) is 26.2. The molecule has 150 heavy (non-hydrogen) atoms. The summed E-state index contributed by atoms with van der Waals surface area (Å²) in [6.45, 7) is 32.6. The van der Waals surface area contributed by atoms with Crippen LogP contribution in [0.15, 0.2) is 66.7 Å². The van der Waals surface area contributed by atoms with Gasteiger partial charge in [-0.15, -0.1) is 79.1 Å². The van der Waals surface area contributed by atoms with Crippen molar-refractivity contribution in [1.29, 1.82) is 0 Å². The Labute approximate surface area is 889 Å². The van der Waals surface area contributed by atoms with Crippen LogP contribution in [0.4, 0.5) is 11.9 Å². The second-order valence-electron chi connectivity index (χ2n) is 43.3. The van der Waals surface area contributed by atoms with Crippen molar-refractivity contribution >= 4 is 197 Å². The van der Waals surface area contributed by atoms with E-state index in [0.29, 0.717) is 107 Å². The molecule has 6 aliphatic rings. The summed E-state index contributed by atoms with van der Waals surface area (Å²) < 4.78 is 51.5. The number of aliphatic hydroxyl groups excluding tert-OH is 8. The van der Waals surface area contributed by atoms with E-state index in [1.165, 1.54) is 35.2 Å². The lowest BCUT2D eigenvalue weighted by molar-refractivity contribution is -0.0496. The zero-order valence-electron chi connectivity index (χ0n) is 88.5. The summed E-state index contributed by atoms with van der Waals surface area (Å²) in [5, 5.41) is 90.0. The third-order valence-corrected chi connectivity index (χ3v) is 37.4. The molecule has 6 aliphatic heterocycles. The average Bonchev–Trinajstić information content (AvgIpc) is 1.64. The van der Waals surface area contributed by atoms with E-state index in [1.807, 2.05) is 20.8 Å². The molecular weight excluding hydrogens is 2230 g/mol. The molecule has 47 nitrogen and oxygen atoms in total. The molecule has 6 fully saturated rings. The highest BCUT2D eigenvalue weighted by Gasteiger charge is 2.51. The summed E-state index contributed by atoms with van der Waals surface area (Å²) in [6.07, 6.45) is 31.8. The molecule has 0 radical (unpaired) electrons. The number of rotatable bonds is 30. The average molecular weight is 2380 g/mol. The first-order valence-corrected chi connectivity index (χ1v) is 70.0. The van der Waals surface area contributed by atoms with Crippen molar-refractivity contribution < 1.29 is 74.0 Å². The Bertz CT molecular complexity index is 7130. The molecule has 0 bridgehead atoms. The van der Waals surface area contributed by atoms with Crippen molar-refractivity contribution in [2.24, 2.45) is 5.92 Å². The molecule has 6 saturated heterocycles. The van der Waals surface area contributed by atoms with Crippen LogP contribution in [-0.2, 0) is 33.2 Å². The molecule has 18 rings (SSSR count). The molecule has 0 aromatic carbocycles. The van der Waals surface area contributed by atoms with Gasteiger partial charge in [0.25, 0.3) is 33.4 Å². The minimum Gasteiger partial charge on any atom is -0.390 e. The zero-order valence-corrected chi connectivity index (χ0v) is 97.7. The van der Waals surface area contributed by atoms with Gasteiger partial charge in [0.1, 0.15) is 66.1 Å². The summed E-state index contributed by atoms with van der Waals surface area (Å²) in [5.41, 5.74) is 2.03. The number of aromatic nitrogens is 24. The van der Waals surface area contributed by atoms with Crippen molar-refractivity contribution in [2.45, 2.75) is 231 Å². The number of H-pyrrole nitrogens is 6. The van der Waals surface area contributed by atoms with Crippen molar-refractivity contribution in [1.82, 2.24) is 117 Å². The van der Waals surface area contributed by atoms with E-state index in [9.17, 15) is 69.6 Å². The van der Waals surface area contributed by atoms with Gasteiger partial charge in [0.05, 0.1) is 102 Å². The SMILES string of the molecule is C=P(C)(C)CC[C@H]1O[C@@H](n2cnc3c(=O)[nH]c(C)nc32)[C@H](Br)[C@@H]1O.C=P(C)(C)CC[C@H]1O[C@@H](n2cnc3c(=O)[nH]c(C)nc32)[C@H](C)[C@@H]1O.C=P(C)(C)CC[C@H]1O[C@@H](n2cnc3c(=O)[nH]c(C)nc32)[C@H](I)[C@@H]1O.C=P(C)(C)CC[C@H]1O[C@@H](n2cnc3c(=O)[nH]c(C)nc32)[C@H](OC)[C@@H]1O.C=P(C)(C)CC[C@H]1O[C@@H](n2cnc3c(=O)[nH]c(NCC)nc32)[C@H](O)[C@@H]1O.C=P(C)(C)CC[C@H]1O[C@@H](n2cnc3c(=O)[nH]c(NCCC)nc32)[C@H](O)[C@@H]1O. The Morgan fingerprint density at radius 3 is 0.933 bits per heavy atom. The Hall–Kier alpha value is -7.89. The number of imidazole rings is 6. The predicted octanol–water partition coefficient (Wildman–Crippen LogP) is 6.29. The Balaban J connectivity index is 0.000000150. The molecule has 12 aromatic heterocycles. The number of nitrogens with one attached hydrogen (secondary N) is 8. The molecule has 0 aliphatic carbocycles. The second-order valence-corrected chi connectivity index (χ2v) is 71.7. The van der Waals surface area contributed by atoms with Gasteiger partial charge in [0.2, 0.25) is 11.9 Å². The van der Waals surface area contributed by atoms with E-state index in [1.54, 1.807) is 64.9 Å². The molecule has 0 unspecified atom stereocenters. The van der Waals surface area contributed by atoms with Crippen LogP contribution in [0, 0.1) is 33.6 Å². The molecule has 0 saturated carbocycles. The molecule has 12 aromatic rings. The summed E-state index contributed by atoms with van der Waals surface area (Å²) >= 11 is 5.73. The summed E-state index contributed by atoms with van der Waals surface area (Å²) in [7, 11) is 1.54. The van der Waals surface area contributed by atoms with Gasteiger partial charge in [0, 0.05) is 26.1 Å². The Morgan fingerprint density at radius 2 is 0.607 bits per heavy atom. The quantitative estimate of drug-likeness (QED) is 0.0133. The van der Waals surface area contributed by atoms with Crippen LogP contribution in [0.2, 0.25) is 0 Å². The van der Waals surface area contributed by atoms with Crippen molar-refractivity contribution in [3.05, 3.63) is 123 Å². The maximum absolute atomic E-state index is 12.2. The Morgan fingerprint density at radius 1 is 0.353 bits per heavy atom. The molecule has 18 heterocycles. The highest BCUT2D eigenvalue weighted by Crippen LogP contribution is 2.49. The van der Waals surface area contributed by atoms with Crippen LogP contribution in [0.25, 0.3) is 67.0 Å². The van der Waals surface area contributed by atoms with E-state index in [0.717, 1.165) is 62.7 Å². The number of ether oxygens (including phenoxy) is 7. The highest BCUT2D eigenvalue weighted by molar-refractivity contribution is 14.1. The minimum absolute atomic E-state index is 0.111.